The molecule has 2 rings (SSSR count). The SMILES string of the molecule is CNCCN(C)C(=O)C1CCN(S(=O)(=O)c2ccc(C(C)(C)C)cc2)CC1. The van der Waals surface area contributed by atoms with Crippen molar-refractivity contribution in [1.82, 2.24) is 14.5 Å². The second-order valence-corrected chi connectivity index (χ2v) is 10.3. The molecular formula is C20H33N3O3S. The quantitative estimate of drug-likeness (QED) is 0.800. The highest BCUT2D eigenvalue weighted by Gasteiger charge is 2.33. The first-order valence-electron chi connectivity index (χ1n) is 9.57. The van der Waals surface area contributed by atoms with Crippen molar-refractivity contribution >= 4 is 15.9 Å². The van der Waals surface area contributed by atoms with Gasteiger partial charge in [-0.15, -0.1) is 0 Å². The maximum Gasteiger partial charge on any atom is 0.243 e. The number of rotatable bonds is 6. The van der Waals surface area contributed by atoms with Gasteiger partial charge in [0.25, 0.3) is 0 Å². The molecule has 0 saturated carbocycles. The van der Waals surface area contributed by atoms with Crippen molar-refractivity contribution in [2.45, 2.75) is 43.9 Å². The zero-order chi connectivity index (χ0) is 20.2. The van der Waals surface area contributed by atoms with E-state index in [0.29, 0.717) is 37.4 Å². The van der Waals surface area contributed by atoms with Crippen LogP contribution in [0.5, 0.6) is 0 Å². The topological polar surface area (TPSA) is 69.7 Å². The molecule has 0 radical (unpaired) electrons. The zero-order valence-corrected chi connectivity index (χ0v) is 18.0. The summed E-state index contributed by atoms with van der Waals surface area (Å²) in [6, 6.07) is 7.16. The first-order chi connectivity index (χ1) is 12.6. The molecule has 0 bridgehead atoms. The highest BCUT2D eigenvalue weighted by molar-refractivity contribution is 7.89. The van der Waals surface area contributed by atoms with Crippen molar-refractivity contribution in [2.24, 2.45) is 5.92 Å². The van der Waals surface area contributed by atoms with Crippen LogP contribution in [0.15, 0.2) is 29.2 Å². The van der Waals surface area contributed by atoms with Crippen molar-refractivity contribution in [3.8, 4) is 0 Å². The van der Waals surface area contributed by atoms with Gasteiger partial charge in [0.15, 0.2) is 0 Å². The van der Waals surface area contributed by atoms with Crippen molar-refractivity contribution in [1.29, 1.82) is 0 Å². The minimum atomic E-state index is -3.51. The second kappa shape index (κ2) is 8.71. The summed E-state index contributed by atoms with van der Waals surface area (Å²) < 4.78 is 27.4. The molecule has 0 unspecified atom stereocenters. The molecule has 1 amide bonds. The standard InChI is InChI=1S/C20H33N3O3S/c1-20(2,3)17-6-8-18(9-7-17)27(25,26)23-13-10-16(11-14-23)19(24)22(5)15-12-21-4/h6-9,16,21H,10-15H2,1-5H3. The molecule has 0 aromatic heterocycles. The molecule has 0 aliphatic carbocycles. The molecule has 1 N–H and O–H groups in total. The van der Waals surface area contributed by atoms with E-state index in [4.69, 9.17) is 0 Å². The summed E-state index contributed by atoms with van der Waals surface area (Å²) in [5.41, 5.74) is 1.09. The van der Waals surface area contributed by atoms with Gasteiger partial charge in [0, 0.05) is 39.1 Å². The van der Waals surface area contributed by atoms with E-state index in [2.05, 4.69) is 26.1 Å². The van der Waals surface area contributed by atoms with Crippen LogP contribution in [0.3, 0.4) is 0 Å². The smallest absolute Gasteiger partial charge is 0.243 e. The lowest BCUT2D eigenvalue weighted by molar-refractivity contribution is -0.135. The van der Waals surface area contributed by atoms with Gasteiger partial charge in [0.1, 0.15) is 0 Å². The molecule has 1 aliphatic heterocycles. The molecule has 1 aromatic carbocycles. The summed E-state index contributed by atoms with van der Waals surface area (Å²) in [6.07, 6.45) is 1.14. The summed E-state index contributed by atoms with van der Waals surface area (Å²) in [4.78, 5) is 14.5. The molecule has 6 nitrogen and oxygen atoms in total. The van der Waals surface area contributed by atoms with Crippen molar-refractivity contribution in [3.05, 3.63) is 29.8 Å². The number of benzene rings is 1. The van der Waals surface area contributed by atoms with E-state index in [1.807, 2.05) is 19.2 Å². The van der Waals surface area contributed by atoms with Gasteiger partial charge in [-0.05, 0) is 43.0 Å². The summed E-state index contributed by atoms with van der Waals surface area (Å²) >= 11 is 0. The Balaban J connectivity index is 2.01. The fourth-order valence-electron chi connectivity index (χ4n) is 3.32. The van der Waals surface area contributed by atoms with Gasteiger partial charge in [-0.3, -0.25) is 4.79 Å². The maximum absolute atomic E-state index is 12.9. The van der Waals surface area contributed by atoms with Crippen molar-refractivity contribution < 1.29 is 13.2 Å². The van der Waals surface area contributed by atoms with Gasteiger partial charge < -0.3 is 10.2 Å². The number of amides is 1. The number of piperidine rings is 1. The average Bonchev–Trinajstić information content (AvgIpc) is 2.65. The van der Waals surface area contributed by atoms with Gasteiger partial charge in [-0.1, -0.05) is 32.9 Å². The number of hydrogen-bond acceptors (Lipinski definition) is 4. The van der Waals surface area contributed by atoms with E-state index >= 15 is 0 Å². The predicted molar refractivity (Wildman–Crippen MR) is 108 cm³/mol. The Kier molecular flexibility index (Phi) is 7.05. The van der Waals surface area contributed by atoms with Gasteiger partial charge in [-0.2, -0.15) is 4.31 Å². The highest BCUT2D eigenvalue weighted by atomic mass is 32.2. The van der Waals surface area contributed by atoms with Crippen LogP contribution in [-0.4, -0.2) is 63.8 Å². The molecule has 1 aliphatic rings. The highest BCUT2D eigenvalue weighted by Crippen LogP contribution is 2.27. The number of carbonyl (C=O) groups is 1. The second-order valence-electron chi connectivity index (χ2n) is 8.32. The lowest BCUT2D eigenvalue weighted by atomic mass is 9.87. The minimum Gasteiger partial charge on any atom is -0.344 e. The molecule has 0 spiro atoms. The Morgan fingerprint density at radius 3 is 2.22 bits per heavy atom. The Morgan fingerprint density at radius 2 is 1.74 bits per heavy atom. The number of likely N-dealkylation sites (N-methyl/N-ethyl adjacent to an activating group) is 2. The number of sulfonamides is 1. The zero-order valence-electron chi connectivity index (χ0n) is 17.2. The third-order valence-corrected chi connectivity index (χ3v) is 7.15. The lowest BCUT2D eigenvalue weighted by Gasteiger charge is -2.32. The van der Waals surface area contributed by atoms with Crippen LogP contribution in [0.1, 0.15) is 39.2 Å². The largest absolute Gasteiger partial charge is 0.344 e. The van der Waals surface area contributed by atoms with Gasteiger partial charge in [-0.25, -0.2) is 8.42 Å². The third-order valence-electron chi connectivity index (χ3n) is 5.23. The number of nitrogens with zero attached hydrogens (tertiary/aromatic N) is 2. The van der Waals surface area contributed by atoms with E-state index in [9.17, 15) is 13.2 Å². The van der Waals surface area contributed by atoms with Crippen molar-refractivity contribution in [3.63, 3.8) is 0 Å². The average molecular weight is 396 g/mol. The Bertz CT molecular complexity index is 731. The summed E-state index contributed by atoms with van der Waals surface area (Å²) in [7, 11) is 0.153. The number of nitrogens with one attached hydrogen (secondary N) is 1. The molecule has 1 fully saturated rings. The predicted octanol–water partition coefficient (Wildman–Crippen LogP) is 2.06. The molecule has 152 valence electrons. The molecule has 7 heteroatoms. The van der Waals surface area contributed by atoms with E-state index in [1.165, 1.54) is 4.31 Å². The number of hydrogen-bond donors (Lipinski definition) is 1. The Morgan fingerprint density at radius 1 is 1.19 bits per heavy atom. The van der Waals surface area contributed by atoms with Crippen LogP contribution < -0.4 is 5.32 Å². The minimum absolute atomic E-state index is 0.0136. The van der Waals surface area contributed by atoms with E-state index in [1.54, 1.807) is 24.1 Å². The summed E-state index contributed by atoms with van der Waals surface area (Å²) in [5.74, 6) is 0.0124. The third kappa shape index (κ3) is 5.30. The van der Waals surface area contributed by atoms with E-state index in [-0.39, 0.29) is 17.2 Å². The van der Waals surface area contributed by atoms with Crippen LogP contribution >= 0.6 is 0 Å². The van der Waals surface area contributed by atoms with Crippen LogP contribution in [0.2, 0.25) is 0 Å². The molecular weight excluding hydrogens is 362 g/mol. The molecule has 27 heavy (non-hydrogen) atoms. The van der Waals surface area contributed by atoms with E-state index < -0.39 is 10.0 Å². The van der Waals surface area contributed by atoms with Gasteiger partial charge in [0.2, 0.25) is 15.9 Å². The normalized spacial score (nSPS) is 17.1. The summed E-state index contributed by atoms with van der Waals surface area (Å²) in [5, 5.41) is 3.03. The first kappa shape index (κ1) is 21.9. The van der Waals surface area contributed by atoms with E-state index in [0.717, 1.165) is 12.1 Å². The van der Waals surface area contributed by atoms with Crippen LogP contribution in [0.25, 0.3) is 0 Å². The van der Waals surface area contributed by atoms with Crippen molar-refractivity contribution in [2.75, 3.05) is 40.3 Å². The molecule has 1 saturated heterocycles. The van der Waals surface area contributed by atoms with Crippen LogP contribution in [0.4, 0.5) is 0 Å². The van der Waals surface area contributed by atoms with Gasteiger partial charge in [0.05, 0.1) is 4.90 Å². The van der Waals surface area contributed by atoms with Crippen LogP contribution in [0, 0.1) is 5.92 Å². The van der Waals surface area contributed by atoms with Gasteiger partial charge >= 0.3 is 0 Å². The monoisotopic (exact) mass is 395 g/mol. The maximum atomic E-state index is 12.9. The Hall–Kier alpha value is -1.44. The molecule has 1 aromatic rings. The Labute approximate surface area is 164 Å². The lowest BCUT2D eigenvalue weighted by Crippen LogP contribution is -2.44. The fourth-order valence-corrected chi connectivity index (χ4v) is 4.79. The van der Waals surface area contributed by atoms with Crippen LogP contribution in [-0.2, 0) is 20.2 Å². The molecule has 1 heterocycles. The fraction of sp³-hybridized carbons (Fsp3) is 0.650. The summed E-state index contributed by atoms with van der Waals surface area (Å²) in [6.45, 7) is 8.50. The first-order valence-corrected chi connectivity index (χ1v) is 11.0. The number of carbonyl (C=O) groups excluding carboxylic acids is 1. The molecule has 0 atom stereocenters.